The van der Waals surface area contributed by atoms with Crippen LogP contribution in [0.25, 0.3) is 0 Å². The van der Waals surface area contributed by atoms with Crippen LogP contribution in [-0.2, 0) is 6.54 Å². The largest absolute Gasteiger partial charge is 0.460 e. The SMILES string of the molecule is FC(F)Oc1ccc(CN2CCN(C(F)(F)F)CC2)cc1. The van der Waals surface area contributed by atoms with Crippen LogP contribution in [0.5, 0.6) is 5.75 Å². The molecule has 0 spiro atoms. The number of nitrogens with zero attached hydrogens (tertiary/aromatic N) is 2. The van der Waals surface area contributed by atoms with E-state index in [1.807, 2.05) is 4.90 Å². The fraction of sp³-hybridized carbons (Fsp3) is 0.538. The third kappa shape index (κ3) is 4.82. The quantitative estimate of drug-likeness (QED) is 0.628. The summed E-state index contributed by atoms with van der Waals surface area (Å²) in [4.78, 5) is 2.38. The van der Waals surface area contributed by atoms with E-state index in [1.165, 1.54) is 12.1 Å². The highest BCUT2D eigenvalue weighted by atomic mass is 19.4. The molecule has 0 radical (unpaired) electrons. The summed E-state index contributed by atoms with van der Waals surface area (Å²) in [6, 6.07) is 6.11. The Balaban J connectivity index is 1.83. The molecule has 0 amide bonds. The summed E-state index contributed by atoms with van der Waals surface area (Å²) in [6.07, 6.45) is -4.28. The highest BCUT2D eigenvalue weighted by Gasteiger charge is 2.38. The van der Waals surface area contributed by atoms with Crippen molar-refractivity contribution >= 4 is 0 Å². The number of alkyl halides is 5. The molecule has 1 aliphatic rings. The van der Waals surface area contributed by atoms with Crippen molar-refractivity contribution in [3.8, 4) is 5.75 Å². The monoisotopic (exact) mass is 310 g/mol. The summed E-state index contributed by atoms with van der Waals surface area (Å²) in [5.41, 5.74) is 0.845. The van der Waals surface area contributed by atoms with E-state index in [1.54, 1.807) is 12.1 Å². The molecule has 0 bridgehead atoms. The average molecular weight is 310 g/mol. The van der Waals surface area contributed by atoms with Crippen LogP contribution in [0, 0.1) is 0 Å². The van der Waals surface area contributed by atoms with Crippen LogP contribution < -0.4 is 4.74 Å². The van der Waals surface area contributed by atoms with Gasteiger partial charge in [-0.15, -0.1) is 0 Å². The molecule has 1 aliphatic heterocycles. The van der Waals surface area contributed by atoms with Gasteiger partial charge in [0, 0.05) is 32.7 Å². The molecule has 2 rings (SSSR count). The van der Waals surface area contributed by atoms with E-state index in [4.69, 9.17) is 0 Å². The minimum Gasteiger partial charge on any atom is -0.435 e. The molecule has 3 nitrogen and oxygen atoms in total. The molecular weight excluding hydrogens is 295 g/mol. The lowest BCUT2D eigenvalue weighted by Gasteiger charge is -2.35. The number of hydrogen-bond acceptors (Lipinski definition) is 3. The maximum atomic E-state index is 12.5. The lowest BCUT2D eigenvalue weighted by Crippen LogP contribution is -2.51. The van der Waals surface area contributed by atoms with Gasteiger partial charge in [0.1, 0.15) is 5.75 Å². The maximum absolute atomic E-state index is 12.5. The van der Waals surface area contributed by atoms with Crippen LogP contribution >= 0.6 is 0 Å². The smallest absolute Gasteiger partial charge is 0.435 e. The number of piperazine rings is 1. The zero-order valence-corrected chi connectivity index (χ0v) is 11.1. The van der Waals surface area contributed by atoms with Gasteiger partial charge < -0.3 is 4.74 Å². The van der Waals surface area contributed by atoms with Gasteiger partial charge in [-0.1, -0.05) is 12.1 Å². The van der Waals surface area contributed by atoms with Gasteiger partial charge in [-0.2, -0.15) is 22.0 Å². The van der Waals surface area contributed by atoms with Gasteiger partial charge in [0.05, 0.1) is 0 Å². The summed E-state index contributed by atoms with van der Waals surface area (Å²) in [6.45, 7) is -1.87. The summed E-state index contributed by atoms with van der Waals surface area (Å²) >= 11 is 0. The van der Waals surface area contributed by atoms with Crippen LogP contribution in [0.2, 0.25) is 0 Å². The molecule has 0 unspecified atom stereocenters. The van der Waals surface area contributed by atoms with Gasteiger partial charge in [0.2, 0.25) is 0 Å². The van der Waals surface area contributed by atoms with Crippen molar-refractivity contribution in [1.29, 1.82) is 0 Å². The third-order valence-corrected chi connectivity index (χ3v) is 3.29. The van der Waals surface area contributed by atoms with Gasteiger partial charge in [-0.25, -0.2) is 4.90 Å². The molecule has 0 N–H and O–H groups in total. The summed E-state index contributed by atoms with van der Waals surface area (Å²) < 4.78 is 65.7. The first-order valence-corrected chi connectivity index (χ1v) is 6.42. The van der Waals surface area contributed by atoms with Crippen LogP contribution in [0.1, 0.15) is 5.56 Å². The lowest BCUT2D eigenvalue weighted by atomic mass is 10.2. The van der Waals surface area contributed by atoms with Gasteiger partial charge in [-0.3, -0.25) is 4.90 Å². The van der Waals surface area contributed by atoms with Gasteiger partial charge >= 0.3 is 12.9 Å². The van der Waals surface area contributed by atoms with Crippen LogP contribution in [0.15, 0.2) is 24.3 Å². The molecule has 0 atom stereocenters. The fourth-order valence-electron chi connectivity index (χ4n) is 2.19. The second kappa shape index (κ2) is 6.57. The van der Waals surface area contributed by atoms with E-state index in [9.17, 15) is 22.0 Å². The minimum atomic E-state index is -4.28. The van der Waals surface area contributed by atoms with Gasteiger partial charge in [-0.05, 0) is 17.7 Å². The van der Waals surface area contributed by atoms with E-state index in [2.05, 4.69) is 4.74 Å². The Morgan fingerprint density at radius 2 is 1.57 bits per heavy atom. The second-order valence-electron chi connectivity index (χ2n) is 4.75. The zero-order valence-electron chi connectivity index (χ0n) is 11.1. The minimum absolute atomic E-state index is 0.0594. The predicted molar refractivity (Wildman–Crippen MR) is 66.0 cm³/mol. The number of ether oxygens (including phenoxy) is 1. The van der Waals surface area contributed by atoms with E-state index in [0.29, 0.717) is 24.5 Å². The highest BCUT2D eigenvalue weighted by Crippen LogP contribution is 2.23. The van der Waals surface area contributed by atoms with Crippen molar-refractivity contribution in [1.82, 2.24) is 9.80 Å². The Morgan fingerprint density at radius 3 is 2.05 bits per heavy atom. The molecule has 21 heavy (non-hydrogen) atoms. The third-order valence-electron chi connectivity index (χ3n) is 3.29. The summed E-state index contributed by atoms with van der Waals surface area (Å²) in [5.74, 6) is 0.0654. The number of rotatable bonds is 4. The van der Waals surface area contributed by atoms with E-state index < -0.39 is 12.9 Å². The maximum Gasteiger partial charge on any atom is 0.460 e. The van der Waals surface area contributed by atoms with Crippen molar-refractivity contribution in [2.24, 2.45) is 0 Å². The first kappa shape index (κ1) is 16.0. The number of benzene rings is 1. The lowest BCUT2D eigenvalue weighted by molar-refractivity contribution is -0.252. The topological polar surface area (TPSA) is 15.7 Å². The molecule has 8 heteroatoms. The van der Waals surface area contributed by atoms with E-state index in [-0.39, 0.29) is 18.8 Å². The van der Waals surface area contributed by atoms with Crippen molar-refractivity contribution in [2.45, 2.75) is 19.5 Å². The summed E-state index contributed by atoms with van der Waals surface area (Å²) in [5, 5.41) is 0. The van der Waals surface area contributed by atoms with Crippen molar-refractivity contribution < 1.29 is 26.7 Å². The van der Waals surface area contributed by atoms with Gasteiger partial charge in [0.25, 0.3) is 0 Å². The fourth-order valence-corrected chi connectivity index (χ4v) is 2.19. The molecule has 1 saturated heterocycles. The molecule has 0 saturated carbocycles. The molecule has 1 aromatic rings. The predicted octanol–water partition coefficient (Wildman–Crippen LogP) is 2.93. The van der Waals surface area contributed by atoms with Crippen LogP contribution in [0.4, 0.5) is 22.0 Å². The molecule has 118 valence electrons. The molecular formula is C13H15F5N2O. The molecule has 1 aromatic carbocycles. The Hall–Kier alpha value is -1.41. The Bertz CT molecular complexity index is 441. The zero-order chi connectivity index (χ0) is 15.5. The number of halogens is 5. The molecule has 0 aromatic heterocycles. The first-order chi connectivity index (χ1) is 9.84. The van der Waals surface area contributed by atoms with E-state index >= 15 is 0 Å². The van der Waals surface area contributed by atoms with E-state index in [0.717, 1.165) is 5.56 Å². The summed E-state index contributed by atoms with van der Waals surface area (Å²) in [7, 11) is 0. The Labute approximate surface area is 118 Å². The molecule has 1 heterocycles. The van der Waals surface area contributed by atoms with Crippen LogP contribution in [-0.4, -0.2) is 48.9 Å². The highest BCUT2D eigenvalue weighted by molar-refractivity contribution is 5.27. The Kier molecular flexibility index (Phi) is 5.00. The van der Waals surface area contributed by atoms with Gasteiger partial charge in [0.15, 0.2) is 0 Å². The molecule has 0 aliphatic carbocycles. The average Bonchev–Trinajstić information content (AvgIpc) is 2.40. The number of hydrogen-bond donors (Lipinski definition) is 0. The standard InChI is InChI=1S/C13H15F5N2O/c14-12(15)21-11-3-1-10(2-4-11)9-19-5-7-20(8-6-19)13(16,17)18/h1-4,12H,5-9H2. The van der Waals surface area contributed by atoms with Crippen LogP contribution in [0.3, 0.4) is 0 Å². The normalized spacial score (nSPS) is 18.2. The van der Waals surface area contributed by atoms with Crippen molar-refractivity contribution in [2.75, 3.05) is 26.2 Å². The molecule has 1 fully saturated rings. The van der Waals surface area contributed by atoms with Crippen molar-refractivity contribution in [3.63, 3.8) is 0 Å². The first-order valence-electron chi connectivity index (χ1n) is 6.42. The Morgan fingerprint density at radius 1 is 1.00 bits per heavy atom. The van der Waals surface area contributed by atoms with Crippen molar-refractivity contribution in [3.05, 3.63) is 29.8 Å². The second-order valence-corrected chi connectivity index (χ2v) is 4.75.